The molecule has 116 valence electrons. The molecule has 2 atom stereocenters. The van der Waals surface area contributed by atoms with Gasteiger partial charge in [0.15, 0.2) is 0 Å². The number of benzene rings is 1. The van der Waals surface area contributed by atoms with E-state index in [1.807, 2.05) is 11.8 Å². The van der Waals surface area contributed by atoms with Crippen LogP contribution in [-0.2, 0) is 9.47 Å². The number of carbonyl (C=O) groups excluding carboxylic acids is 1. The normalized spacial score (nSPS) is 22.1. The number of nitrogens with two attached hydrogens (primary N) is 1. The first kappa shape index (κ1) is 15.6. The number of nitrogens with zero attached hydrogens (tertiary/aromatic N) is 1. The van der Waals surface area contributed by atoms with Crippen molar-refractivity contribution >= 4 is 17.3 Å². The van der Waals surface area contributed by atoms with Crippen LogP contribution in [0.1, 0.15) is 24.2 Å². The van der Waals surface area contributed by atoms with Gasteiger partial charge in [-0.3, -0.25) is 0 Å². The number of esters is 1. The van der Waals surface area contributed by atoms with E-state index in [2.05, 4.69) is 0 Å². The van der Waals surface area contributed by atoms with Gasteiger partial charge in [-0.05, 0) is 26.0 Å². The average Bonchev–Trinajstić information content (AvgIpc) is 2.48. The molecule has 1 aromatic rings. The molecular formula is C15H22N2O4. The molecule has 2 unspecified atom stereocenters. The second-order valence-electron chi connectivity index (χ2n) is 5.10. The molecule has 21 heavy (non-hydrogen) atoms. The van der Waals surface area contributed by atoms with Crippen molar-refractivity contribution < 1.29 is 19.4 Å². The second kappa shape index (κ2) is 6.78. The Labute approximate surface area is 124 Å². The van der Waals surface area contributed by atoms with Gasteiger partial charge in [-0.2, -0.15) is 0 Å². The van der Waals surface area contributed by atoms with Gasteiger partial charge in [0.1, 0.15) is 0 Å². The van der Waals surface area contributed by atoms with E-state index in [-0.39, 0.29) is 24.7 Å². The SMILES string of the molecule is CCOC(=O)c1cccc(N)c1N1CC(CO)OCC1C. The van der Waals surface area contributed by atoms with Crippen LogP contribution in [-0.4, -0.2) is 49.6 Å². The summed E-state index contributed by atoms with van der Waals surface area (Å²) in [6, 6.07) is 5.26. The molecule has 1 fully saturated rings. The molecular weight excluding hydrogens is 272 g/mol. The third-order valence-corrected chi connectivity index (χ3v) is 3.56. The average molecular weight is 294 g/mol. The number of hydrogen-bond acceptors (Lipinski definition) is 6. The minimum atomic E-state index is -0.390. The fraction of sp³-hybridized carbons (Fsp3) is 0.533. The molecule has 6 nitrogen and oxygen atoms in total. The molecule has 0 aromatic heterocycles. The topological polar surface area (TPSA) is 85.0 Å². The predicted molar refractivity (Wildman–Crippen MR) is 80.4 cm³/mol. The van der Waals surface area contributed by atoms with Crippen molar-refractivity contribution in [3.63, 3.8) is 0 Å². The Morgan fingerprint density at radius 2 is 2.33 bits per heavy atom. The summed E-state index contributed by atoms with van der Waals surface area (Å²) in [5, 5.41) is 9.30. The van der Waals surface area contributed by atoms with E-state index in [1.165, 1.54) is 0 Å². The quantitative estimate of drug-likeness (QED) is 0.637. The summed E-state index contributed by atoms with van der Waals surface area (Å²) in [6.07, 6.45) is -0.282. The molecule has 3 N–H and O–H groups in total. The first-order valence-electron chi connectivity index (χ1n) is 7.13. The lowest BCUT2D eigenvalue weighted by Crippen LogP contribution is -2.50. The number of aliphatic hydroxyl groups is 1. The number of ether oxygens (including phenoxy) is 2. The number of morpholine rings is 1. The van der Waals surface area contributed by atoms with Gasteiger partial charge in [0, 0.05) is 12.6 Å². The number of rotatable bonds is 4. The highest BCUT2D eigenvalue weighted by Crippen LogP contribution is 2.32. The van der Waals surface area contributed by atoms with Crippen LogP contribution < -0.4 is 10.6 Å². The lowest BCUT2D eigenvalue weighted by molar-refractivity contribution is -0.0103. The zero-order chi connectivity index (χ0) is 15.4. The van der Waals surface area contributed by atoms with Gasteiger partial charge in [0.25, 0.3) is 0 Å². The van der Waals surface area contributed by atoms with Crippen molar-refractivity contribution in [1.82, 2.24) is 0 Å². The number of anilines is 2. The monoisotopic (exact) mass is 294 g/mol. The standard InChI is InChI=1S/C15H22N2O4/c1-3-20-15(19)12-5-4-6-13(16)14(12)17-7-11(8-18)21-9-10(17)2/h4-6,10-11,18H,3,7-9,16H2,1-2H3. The van der Waals surface area contributed by atoms with E-state index < -0.39 is 0 Å². The van der Waals surface area contributed by atoms with Gasteiger partial charge in [0.05, 0.1) is 42.9 Å². The van der Waals surface area contributed by atoms with E-state index in [9.17, 15) is 9.90 Å². The van der Waals surface area contributed by atoms with Gasteiger partial charge in [-0.15, -0.1) is 0 Å². The molecule has 1 aliphatic rings. The number of aliphatic hydroxyl groups excluding tert-OH is 1. The van der Waals surface area contributed by atoms with Crippen molar-refractivity contribution in [3.05, 3.63) is 23.8 Å². The van der Waals surface area contributed by atoms with Gasteiger partial charge in [0.2, 0.25) is 0 Å². The first-order chi connectivity index (χ1) is 10.1. The maximum atomic E-state index is 12.1. The predicted octanol–water partition coefficient (Wildman–Crippen LogP) is 1.03. The fourth-order valence-corrected chi connectivity index (χ4v) is 2.49. The second-order valence-corrected chi connectivity index (χ2v) is 5.10. The van der Waals surface area contributed by atoms with Crippen molar-refractivity contribution in [2.75, 3.05) is 37.0 Å². The maximum Gasteiger partial charge on any atom is 0.340 e. The van der Waals surface area contributed by atoms with Crippen molar-refractivity contribution in [2.45, 2.75) is 26.0 Å². The smallest absolute Gasteiger partial charge is 0.340 e. The molecule has 0 aliphatic carbocycles. The van der Waals surface area contributed by atoms with Crippen molar-refractivity contribution in [1.29, 1.82) is 0 Å². The Morgan fingerprint density at radius 3 is 3.00 bits per heavy atom. The third-order valence-electron chi connectivity index (χ3n) is 3.56. The molecule has 1 aliphatic heterocycles. The van der Waals surface area contributed by atoms with Crippen LogP contribution in [0.5, 0.6) is 0 Å². The van der Waals surface area contributed by atoms with Crippen LogP contribution in [0.15, 0.2) is 18.2 Å². The minimum absolute atomic E-state index is 0.0608. The molecule has 1 heterocycles. The lowest BCUT2D eigenvalue weighted by Gasteiger charge is -2.40. The van der Waals surface area contributed by atoms with Crippen molar-refractivity contribution in [2.24, 2.45) is 0 Å². The van der Waals surface area contributed by atoms with Crippen LogP contribution in [0.25, 0.3) is 0 Å². The highest BCUT2D eigenvalue weighted by Gasteiger charge is 2.30. The molecule has 0 radical (unpaired) electrons. The van der Waals surface area contributed by atoms with Gasteiger partial charge in [-0.1, -0.05) is 6.07 Å². The summed E-state index contributed by atoms with van der Waals surface area (Å²) in [6.45, 7) is 4.97. The maximum absolute atomic E-state index is 12.1. The van der Waals surface area contributed by atoms with Crippen LogP contribution in [0.4, 0.5) is 11.4 Å². The summed E-state index contributed by atoms with van der Waals surface area (Å²) in [7, 11) is 0. The van der Waals surface area contributed by atoms with Crippen LogP contribution in [0.3, 0.4) is 0 Å². The molecule has 0 bridgehead atoms. The number of carbonyl (C=O) groups is 1. The Kier molecular flexibility index (Phi) is 5.03. The molecule has 1 saturated heterocycles. The summed E-state index contributed by atoms with van der Waals surface area (Å²) < 4.78 is 10.6. The van der Waals surface area contributed by atoms with Gasteiger partial charge < -0.3 is 25.2 Å². The summed E-state index contributed by atoms with van der Waals surface area (Å²) in [4.78, 5) is 14.1. The molecule has 0 spiro atoms. The van der Waals surface area contributed by atoms with E-state index in [1.54, 1.807) is 25.1 Å². The Morgan fingerprint density at radius 1 is 1.57 bits per heavy atom. The summed E-state index contributed by atoms with van der Waals surface area (Å²) in [5.41, 5.74) is 7.71. The molecule has 1 aromatic carbocycles. The summed E-state index contributed by atoms with van der Waals surface area (Å²) in [5.74, 6) is -0.390. The zero-order valence-electron chi connectivity index (χ0n) is 12.4. The molecule has 2 rings (SSSR count). The van der Waals surface area contributed by atoms with Gasteiger partial charge in [-0.25, -0.2) is 4.79 Å². The largest absolute Gasteiger partial charge is 0.462 e. The molecule has 6 heteroatoms. The fourth-order valence-electron chi connectivity index (χ4n) is 2.49. The van der Waals surface area contributed by atoms with Gasteiger partial charge >= 0.3 is 5.97 Å². The van der Waals surface area contributed by atoms with Crippen LogP contribution in [0.2, 0.25) is 0 Å². The Balaban J connectivity index is 2.39. The first-order valence-corrected chi connectivity index (χ1v) is 7.13. The number of para-hydroxylation sites is 1. The Bertz CT molecular complexity index is 506. The molecule has 0 amide bonds. The Hall–Kier alpha value is -1.79. The third kappa shape index (κ3) is 3.28. The van der Waals surface area contributed by atoms with Crippen LogP contribution in [0, 0.1) is 0 Å². The van der Waals surface area contributed by atoms with E-state index in [0.29, 0.717) is 36.7 Å². The lowest BCUT2D eigenvalue weighted by atomic mass is 10.1. The van der Waals surface area contributed by atoms with E-state index >= 15 is 0 Å². The highest BCUT2D eigenvalue weighted by molar-refractivity contribution is 5.99. The number of nitrogen functional groups attached to an aromatic ring is 1. The van der Waals surface area contributed by atoms with E-state index in [4.69, 9.17) is 15.2 Å². The molecule has 0 saturated carbocycles. The summed E-state index contributed by atoms with van der Waals surface area (Å²) >= 11 is 0. The zero-order valence-corrected chi connectivity index (χ0v) is 12.4. The minimum Gasteiger partial charge on any atom is -0.462 e. The van der Waals surface area contributed by atoms with E-state index in [0.717, 1.165) is 0 Å². The number of hydrogen-bond donors (Lipinski definition) is 2. The van der Waals surface area contributed by atoms with Crippen molar-refractivity contribution in [3.8, 4) is 0 Å². The van der Waals surface area contributed by atoms with Crippen LogP contribution >= 0.6 is 0 Å². The highest BCUT2D eigenvalue weighted by atomic mass is 16.5.